The Kier molecular flexibility index (Phi) is 3.76. The first-order chi connectivity index (χ1) is 7.41. The average Bonchev–Trinajstić information content (AvgIpc) is 2.20. The lowest BCUT2D eigenvalue weighted by molar-refractivity contribution is -0.384. The molecule has 0 fully saturated rings. The standard InChI is InChI=1S/C10H12F2N2O2/c1-6-3-4-8(14(15)16)5-9(6)13-7(2)10(11)12/h3-5,7,10,13H,1-2H3. The molecule has 1 aromatic rings. The zero-order valence-corrected chi connectivity index (χ0v) is 8.91. The van der Waals surface area contributed by atoms with Gasteiger partial charge >= 0.3 is 0 Å². The number of hydrogen-bond donors (Lipinski definition) is 1. The summed E-state index contributed by atoms with van der Waals surface area (Å²) < 4.78 is 24.6. The highest BCUT2D eigenvalue weighted by Gasteiger charge is 2.16. The van der Waals surface area contributed by atoms with Crippen LogP contribution in [0.3, 0.4) is 0 Å². The average molecular weight is 230 g/mol. The van der Waals surface area contributed by atoms with Gasteiger partial charge in [0.2, 0.25) is 0 Å². The monoisotopic (exact) mass is 230 g/mol. The summed E-state index contributed by atoms with van der Waals surface area (Å²) >= 11 is 0. The molecule has 0 amide bonds. The summed E-state index contributed by atoms with van der Waals surface area (Å²) in [5.74, 6) is 0. The summed E-state index contributed by atoms with van der Waals surface area (Å²) in [6.45, 7) is 3.02. The highest BCUT2D eigenvalue weighted by molar-refractivity contribution is 5.57. The fourth-order valence-electron chi connectivity index (χ4n) is 1.19. The van der Waals surface area contributed by atoms with Gasteiger partial charge in [-0.3, -0.25) is 10.1 Å². The van der Waals surface area contributed by atoms with Gasteiger partial charge in [0.1, 0.15) is 0 Å². The van der Waals surface area contributed by atoms with E-state index >= 15 is 0 Å². The molecule has 1 unspecified atom stereocenters. The molecule has 0 heterocycles. The van der Waals surface area contributed by atoms with Crippen molar-refractivity contribution in [2.24, 2.45) is 0 Å². The van der Waals surface area contributed by atoms with E-state index in [0.717, 1.165) is 0 Å². The summed E-state index contributed by atoms with van der Waals surface area (Å²) in [4.78, 5) is 9.96. The Balaban J connectivity index is 2.94. The fraction of sp³-hybridized carbons (Fsp3) is 0.400. The number of alkyl halides is 2. The van der Waals surface area contributed by atoms with Gasteiger partial charge in [0.25, 0.3) is 12.1 Å². The van der Waals surface area contributed by atoms with Crippen LogP contribution in [0.4, 0.5) is 20.2 Å². The first kappa shape index (κ1) is 12.4. The fourth-order valence-corrected chi connectivity index (χ4v) is 1.19. The lowest BCUT2D eigenvalue weighted by Gasteiger charge is -2.15. The number of anilines is 1. The summed E-state index contributed by atoms with van der Waals surface area (Å²) in [5, 5.41) is 13.1. The molecule has 0 radical (unpaired) electrons. The third kappa shape index (κ3) is 2.88. The van der Waals surface area contributed by atoms with Crippen LogP contribution in [0.1, 0.15) is 12.5 Å². The topological polar surface area (TPSA) is 55.2 Å². The van der Waals surface area contributed by atoms with Crippen molar-refractivity contribution < 1.29 is 13.7 Å². The van der Waals surface area contributed by atoms with Crippen molar-refractivity contribution in [3.8, 4) is 0 Å². The summed E-state index contributed by atoms with van der Waals surface area (Å²) in [6.07, 6.45) is -2.52. The maximum atomic E-state index is 12.3. The van der Waals surface area contributed by atoms with E-state index in [1.165, 1.54) is 25.1 Å². The SMILES string of the molecule is Cc1ccc([N+](=O)[O-])cc1NC(C)C(F)F. The Morgan fingerprint density at radius 3 is 2.56 bits per heavy atom. The minimum absolute atomic E-state index is 0.116. The summed E-state index contributed by atoms with van der Waals surface area (Å²) in [7, 11) is 0. The molecular formula is C10H12F2N2O2. The number of nitro groups is 1. The highest BCUT2D eigenvalue weighted by atomic mass is 19.3. The summed E-state index contributed by atoms with van der Waals surface area (Å²) in [5.41, 5.74) is 0.940. The van der Waals surface area contributed by atoms with Crippen molar-refractivity contribution in [1.82, 2.24) is 0 Å². The van der Waals surface area contributed by atoms with Crippen molar-refractivity contribution in [3.63, 3.8) is 0 Å². The van der Waals surface area contributed by atoms with Crippen molar-refractivity contribution in [2.75, 3.05) is 5.32 Å². The number of non-ortho nitro benzene ring substituents is 1. The van der Waals surface area contributed by atoms with Crippen molar-refractivity contribution in [1.29, 1.82) is 0 Å². The molecule has 1 aromatic carbocycles. The van der Waals surface area contributed by atoms with E-state index in [1.807, 2.05) is 0 Å². The number of nitro benzene ring substituents is 1. The van der Waals surface area contributed by atoms with Gasteiger partial charge in [0.05, 0.1) is 11.0 Å². The maximum Gasteiger partial charge on any atom is 0.271 e. The molecule has 0 aliphatic rings. The third-order valence-electron chi connectivity index (χ3n) is 2.19. The first-order valence-corrected chi connectivity index (χ1v) is 4.71. The van der Waals surface area contributed by atoms with Gasteiger partial charge in [-0.1, -0.05) is 6.07 Å². The van der Waals surface area contributed by atoms with Gasteiger partial charge in [-0.25, -0.2) is 8.78 Å². The van der Waals surface area contributed by atoms with Crippen LogP contribution in [0.25, 0.3) is 0 Å². The van der Waals surface area contributed by atoms with E-state index in [0.29, 0.717) is 11.3 Å². The Morgan fingerprint density at radius 1 is 1.44 bits per heavy atom. The molecule has 1 N–H and O–H groups in total. The van der Waals surface area contributed by atoms with Crippen LogP contribution in [-0.2, 0) is 0 Å². The van der Waals surface area contributed by atoms with Gasteiger partial charge < -0.3 is 5.32 Å². The van der Waals surface area contributed by atoms with Gasteiger partial charge in [-0.2, -0.15) is 0 Å². The second-order valence-corrected chi connectivity index (χ2v) is 3.52. The first-order valence-electron chi connectivity index (χ1n) is 4.71. The minimum Gasteiger partial charge on any atom is -0.376 e. The number of aryl methyl sites for hydroxylation is 1. The largest absolute Gasteiger partial charge is 0.376 e. The lowest BCUT2D eigenvalue weighted by Crippen LogP contribution is -2.24. The van der Waals surface area contributed by atoms with Crippen LogP contribution in [0.15, 0.2) is 18.2 Å². The number of halogens is 2. The van der Waals surface area contributed by atoms with Gasteiger partial charge in [-0.15, -0.1) is 0 Å². The number of hydrogen-bond acceptors (Lipinski definition) is 3. The number of rotatable bonds is 4. The molecule has 4 nitrogen and oxygen atoms in total. The van der Waals surface area contributed by atoms with Crippen molar-refractivity contribution >= 4 is 11.4 Å². The van der Waals surface area contributed by atoms with Crippen LogP contribution >= 0.6 is 0 Å². The molecule has 16 heavy (non-hydrogen) atoms. The molecule has 0 aliphatic heterocycles. The molecule has 6 heteroatoms. The molecule has 0 saturated carbocycles. The molecule has 88 valence electrons. The highest BCUT2D eigenvalue weighted by Crippen LogP contribution is 2.23. The summed E-state index contributed by atoms with van der Waals surface area (Å²) in [6, 6.07) is 3.08. The van der Waals surface area contributed by atoms with Gasteiger partial charge in [-0.05, 0) is 19.4 Å². The smallest absolute Gasteiger partial charge is 0.271 e. The second-order valence-electron chi connectivity index (χ2n) is 3.52. The van der Waals surface area contributed by atoms with Crippen LogP contribution in [0.5, 0.6) is 0 Å². The van der Waals surface area contributed by atoms with Crippen LogP contribution in [0, 0.1) is 17.0 Å². The van der Waals surface area contributed by atoms with Crippen molar-refractivity contribution in [2.45, 2.75) is 26.3 Å². The second kappa shape index (κ2) is 4.87. The van der Waals surface area contributed by atoms with Crippen LogP contribution in [0.2, 0.25) is 0 Å². The minimum atomic E-state index is -2.52. The molecule has 1 rings (SSSR count). The molecule has 0 aliphatic carbocycles. The van der Waals surface area contributed by atoms with E-state index in [1.54, 1.807) is 6.92 Å². The maximum absolute atomic E-state index is 12.3. The van der Waals surface area contributed by atoms with Gasteiger partial charge in [0, 0.05) is 17.8 Å². The number of benzene rings is 1. The lowest BCUT2D eigenvalue weighted by atomic mass is 10.1. The predicted molar refractivity (Wildman–Crippen MR) is 56.9 cm³/mol. The molecular weight excluding hydrogens is 218 g/mol. The van der Waals surface area contributed by atoms with E-state index in [4.69, 9.17) is 0 Å². The van der Waals surface area contributed by atoms with E-state index < -0.39 is 17.4 Å². The Bertz CT molecular complexity index is 396. The molecule has 0 bridgehead atoms. The Labute approximate surface area is 91.4 Å². The van der Waals surface area contributed by atoms with E-state index in [-0.39, 0.29) is 5.69 Å². The van der Waals surface area contributed by atoms with Gasteiger partial charge in [0.15, 0.2) is 0 Å². The predicted octanol–water partition coefficient (Wildman–Crippen LogP) is 2.97. The van der Waals surface area contributed by atoms with E-state index in [2.05, 4.69) is 5.32 Å². The number of nitrogens with zero attached hydrogens (tertiary/aromatic N) is 1. The molecule has 0 saturated heterocycles. The Morgan fingerprint density at radius 2 is 2.06 bits per heavy atom. The van der Waals surface area contributed by atoms with E-state index in [9.17, 15) is 18.9 Å². The van der Waals surface area contributed by atoms with Crippen LogP contribution in [-0.4, -0.2) is 17.4 Å². The zero-order valence-electron chi connectivity index (χ0n) is 8.91. The zero-order chi connectivity index (χ0) is 12.3. The quantitative estimate of drug-likeness (QED) is 0.639. The number of nitrogens with one attached hydrogen (secondary N) is 1. The van der Waals surface area contributed by atoms with Crippen LogP contribution < -0.4 is 5.32 Å². The Hall–Kier alpha value is -1.72. The third-order valence-corrected chi connectivity index (χ3v) is 2.19. The molecule has 1 atom stereocenters. The molecule has 0 spiro atoms. The normalized spacial score (nSPS) is 12.6. The van der Waals surface area contributed by atoms with Crippen molar-refractivity contribution in [3.05, 3.63) is 33.9 Å². The molecule has 0 aromatic heterocycles.